The quantitative estimate of drug-likeness (QED) is 0.836. The van der Waals surface area contributed by atoms with Crippen LogP contribution >= 0.6 is 0 Å². The summed E-state index contributed by atoms with van der Waals surface area (Å²) in [6.45, 7) is 1.96. The van der Waals surface area contributed by atoms with Crippen LogP contribution in [0.25, 0.3) is 11.3 Å². The van der Waals surface area contributed by atoms with Gasteiger partial charge in [0.05, 0.1) is 0 Å². The fourth-order valence-corrected chi connectivity index (χ4v) is 1.71. The fourth-order valence-electron chi connectivity index (χ4n) is 1.71. The molecule has 2 aromatic heterocycles. The molecule has 1 N–H and O–H groups in total. The van der Waals surface area contributed by atoms with Gasteiger partial charge in [-0.1, -0.05) is 0 Å². The molecule has 0 unspecified atom stereocenters. The highest BCUT2D eigenvalue weighted by atomic mass is 16.4. The third kappa shape index (κ3) is 1.69. The molecule has 0 fully saturated rings. The molecule has 0 saturated carbocycles. The van der Waals surface area contributed by atoms with Crippen LogP contribution in [0.5, 0.6) is 0 Å². The molecule has 2 aromatic rings. The van der Waals surface area contributed by atoms with Gasteiger partial charge in [-0.2, -0.15) is 0 Å². The van der Waals surface area contributed by atoms with Gasteiger partial charge < -0.3 is 9.67 Å². The van der Waals surface area contributed by atoms with Crippen LogP contribution in [0.3, 0.4) is 0 Å². The number of aryl methyl sites for hydroxylation is 1. The molecule has 0 aliphatic rings. The number of aromatic carboxylic acids is 1. The van der Waals surface area contributed by atoms with E-state index in [0.717, 1.165) is 16.8 Å². The molecular formula is C12H12N2O2. The zero-order valence-electron chi connectivity index (χ0n) is 9.14. The minimum atomic E-state index is -0.922. The Labute approximate surface area is 93.2 Å². The van der Waals surface area contributed by atoms with Gasteiger partial charge in [0, 0.05) is 30.7 Å². The Bertz CT molecular complexity index is 544. The number of carbonyl (C=O) groups is 1. The molecular weight excluding hydrogens is 204 g/mol. The summed E-state index contributed by atoms with van der Waals surface area (Å²) >= 11 is 0. The Morgan fingerprint density at radius 3 is 2.69 bits per heavy atom. The number of hydrogen-bond acceptors (Lipinski definition) is 2. The summed E-state index contributed by atoms with van der Waals surface area (Å²) in [5, 5.41) is 8.94. The predicted octanol–water partition coefficient (Wildman–Crippen LogP) is 2.09. The topological polar surface area (TPSA) is 55.1 Å². The number of carboxylic acids is 1. The second-order valence-corrected chi connectivity index (χ2v) is 3.72. The van der Waals surface area contributed by atoms with Gasteiger partial charge in [-0.05, 0) is 30.7 Å². The molecule has 0 amide bonds. The standard InChI is InChI=1S/C12H12N2O2/c1-8-5-9(7-13-6-8)10-3-4-11(12(15)16)14(10)2/h3-7H,1-2H3,(H,15,16). The Balaban J connectivity index is 2.53. The normalized spacial score (nSPS) is 10.4. The zero-order chi connectivity index (χ0) is 11.7. The maximum absolute atomic E-state index is 10.9. The van der Waals surface area contributed by atoms with Gasteiger partial charge in [0.1, 0.15) is 5.69 Å². The summed E-state index contributed by atoms with van der Waals surface area (Å²) in [5.74, 6) is -0.922. The second kappa shape index (κ2) is 3.81. The molecule has 2 heterocycles. The lowest BCUT2D eigenvalue weighted by Crippen LogP contribution is -2.05. The molecule has 82 valence electrons. The zero-order valence-corrected chi connectivity index (χ0v) is 9.14. The number of rotatable bonds is 2. The lowest BCUT2D eigenvalue weighted by atomic mass is 10.2. The summed E-state index contributed by atoms with van der Waals surface area (Å²) in [4.78, 5) is 15.0. The van der Waals surface area contributed by atoms with Crippen molar-refractivity contribution in [2.45, 2.75) is 6.92 Å². The van der Waals surface area contributed by atoms with Crippen molar-refractivity contribution in [1.29, 1.82) is 0 Å². The molecule has 0 bridgehead atoms. The maximum Gasteiger partial charge on any atom is 0.352 e. The van der Waals surface area contributed by atoms with E-state index in [2.05, 4.69) is 4.98 Å². The van der Waals surface area contributed by atoms with Crippen LogP contribution in [0.15, 0.2) is 30.6 Å². The van der Waals surface area contributed by atoms with E-state index in [-0.39, 0.29) is 5.69 Å². The number of nitrogens with zero attached hydrogens (tertiary/aromatic N) is 2. The molecule has 0 aliphatic carbocycles. The largest absolute Gasteiger partial charge is 0.477 e. The van der Waals surface area contributed by atoms with E-state index in [4.69, 9.17) is 5.11 Å². The van der Waals surface area contributed by atoms with E-state index in [0.29, 0.717) is 0 Å². The highest BCUT2D eigenvalue weighted by Crippen LogP contribution is 2.21. The Morgan fingerprint density at radius 2 is 2.12 bits per heavy atom. The molecule has 4 heteroatoms. The predicted molar refractivity (Wildman–Crippen MR) is 60.3 cm³/mol. The van der Waals surface area contributed by atoms with E-state index in [1.54, 1.807) is 36.1 Å². The van der Waals surface area contributed by atoms with E-state index in [1.165, 1.54) is 0 Å². The SMILES string of the molecule is Cc1cncc(-c2ccc(C(=O)O)n2C)c1. The highest BCUT2D eigenvalue weighted by molar-refractivity contribution is 5.87. The lowest BCUT2D eigenvalue weighted by molar-refractivity contribution is 0.0687. The van der Waals surface area contributed by atoms with Crippen molar-refractivity contribution in [3.63, 3.8) is 0 Å². The van der Waals surface area contributed by atoms with Gasteiger partial charge in [0.2, 0.25) is 0 Å². The third-order valence-electron chi connectivity index (χ3n) is 2.51. The fraction of sp³-hybridized carbons (Fsp3) is 0.167. The van der Waals surface area contributed by atoms with Crippen molar-refractivity contribution < 1.29 is 9.90 Å². The molecule has 4 nitrogen and oxygen atoms in total. The first-order valence-corrected chi connectivity index (χ1v) is 4.90. The van der Waals surface area contributed by atoms with Gasteiger partial charge in [-0.3, -0.25) is 4.98 Å². The molecule has 0 spiro atoms. The van der Waals surface area contributed by atoms with Gasteiger partial charge in [-0.15, -0.1) is 0 Å². The summed E-state index contributed by atoms with van der Waals surface area (Å²) in [7, 11) is 1.74. The molecule has 2 rings (SSSR count). The number of hydrogen-bond donors (Lipinski definition) is 1. The van der Waals surface area contributed by atoms with Crippen LogP contribution in [0, 0.1) is 6.92 Å². The first kappa shape index (κ1) is 10.4. The van der Waals surface area contributed by atoms with Crippen LogP contribution in [-0.4, -0.2) is 20.6 Å². The van der Waals surface area contributed by atoms with Crippen molar-refractivity contribution in [1.82, 2.24) is 9.55 Å². The van der Waals surface area contributed by atoms with Crippen LogP contribution < -0.4 is 0 Å². The van der Waals surface area contributed by atoms with Crippen LogP contribution in [0.1, 0.15) is 16.1 Å². The van der Waals surface area contributed by atoms with E-state index in [1.807, 2.05) is 13.0 Å². The van der Waals surface area contributed by atoms with E-state index < -0.39 is 5.97 Å². The summed E-state index contributed by atoms with van der Waals surface area (Å²) < 4.78 is 1.65. The summed E-state index contributed by atoms with van der Waals surface area (Å²) in [6.07, 6.45) is 3.50. The highest BCUT2D eigenvalue weighted by Gasteiger charge is 2.12. The van der Waals surface area contributed by atoms with Crippen molar-refractivity contribution in [2.24, 2.45) is 7.05 Å². The molecule has 0 atom stereocenters. The van der Waals surface area contributed by atoms with Gasteiger partial charge in [-0.25, -0.2) is 4.79 Å². The number of pyridine rings is 1. The summed E-state index contributed by atoms with van der Waals surface area (Å²) in [5.41, 5.74) is 3.11. The van der Waals surface area contributed by atoms with Gasteiger partial charge in [0.25, 0.3) is 0 Å². The van der Waals surface area contributed by atoms with E-state index >= 15 is 0 Å². The van der Waals surface area contributed by atoms with Crippen molar-refractivity contribution in [2.75, 3.05) is 0 Å². The van der Waals surface area contributed by atoms with Crippen LogP contribution in [0.2, 0.25) is 0 Å². The van der Waals surface area contributed by atoms with Crippen LogP contribution in [0.4, 0.5) is 0 Å². The first-order chi connectivity index (χ1) is 7.59. The number of carboxylic acid groups (broad SMARTS) is 1. The Kier molecular flexibility index (Phi) is 2.48. The average molecular weight is 216 g/mol. The Hall–Kier alpha value is -2.10. The van der Waals surface area contributed by atoms with Gasteiger partial charge in [0.15, 0.2) is 0 Å². The molecule has 16 heavy (non-hydrogen) atoms. The monoisotopic (exact) mass is 216 g/mol. The number of aromatic nitrogens is 2. The minimum absolute atomic E-state index is 0.275. The third-order valence-corrected chi connectivity index (χ3v) is 2.51. The van der Waals surface area contributed by atoms with Gasteiger partial charge >= 0.3 is 5.97 Å². The van der Waals surface area contributed by atoms with Crippen molar-refractivity contribution in [3.8, 4) is 11.3 Å². The second-order valence-electron chi connectivity index (χ2n) is 3.72. The molecule has 0 aromatic carbocycles. The first-order valence-electron chi connectivity index (χ1n) is 4.90. The van der Waals surface area contributed by atoms with E-state index in [9.17, 15) is 4.79 Å². The Morgan fingerprint density at radius 1 is 1.38 bits per heavy atom. The molecule has 0 radical (unpaired) electrons. The molecule has 0 aliphatic heterocycles. The lowest BCUT2D eigenvalue weighted by Gasteiger charge is -2.05. The van der Waals surface area contributed by atoms with Crippen LogP contribution in [-0.2, 0) is 7.05 Å². The van der Waals surface area contributed by atoms with Crippen molar-refractivity contribution >= 4 is 5.97 Å². The average Bonchev–Trinajstić information content (AvgIpc) is 2.60. The smallest absolute Gasteiger partial charge is 0.352 e. The minimum Gasteiger partial charge on any atom is -0.477 e. The summed E-state index contributed by atoms with van der Waals surface area (Å²) in [6, 6.07) is 5.37. The maximum atomic E-state index is 10.9. The van der Waals surface area contributed by atoms with Crippen molar-refractivity contribution in [3.05, 3.63) is 41.9 Å². The molecule has 0 saturated heterocycles.